The quantitative estimate of drug-likeness (QED) is 0.254. The number of hydrogen-bond donors (Lipinski definition) is 1. The number of aromatic nitrogens is 1. The maximum atomic E-state index is 13.5. The lowest BCUT2D eigenvalue weighted by Crippen LogP contribution is -2.23. The van der Waals surface area contributed by atoms with Crippen LogP contribution in [-0.4, -0.2) is 66.2 Å². The number of fused-ring (bicyclic) bond motifs is 1. The van der Waals surface area contributed by atoms with Crippen molar-refractivity contribution in [1.82, 2.24) is 9.83 Å². The molecule has 0 bridgehead atoms. The first-order valence-electron chi connectivity index (χ1n) is 12.2. The zero-order valence-corrected chi connectivity index (χ0v) is 24.4. The van der Waals surface area contributed by atoms with Gasteiger partial charge in [-0.2, -0.15) is 5.10 Å². The van der Waals surface area contributed by atoms with Crippen molar-refractivity contribution < 1.29 is 35.8 Å². The van der Waals surface area contributed by atoms with Crippen molar-refractivity contribution in [1.29, 1.82) is 0 Å². The van der Waals surface area contributed by atoms with Gasteiger partial charge in [0.2, 0.25) is 5.75 Å². The highest BCUT2D eigenvalue weighted by atomic mass is 32.2. The van der Waals surface area contributed by atoms with Crippen LogP contribution in [0.4, 0.5) is 0 Å². The highest BCUT2D eigenvalue weighted by Gasteiger charge is 2.37. The number of aryl methyl sites for hydroxylation is 1. The van der Waals surface area contributed by atoms with Gasteiger partial charge in [0, 0.05) is 11.8 Å². The number of carbonyl (C=O) groups excluding carboxylic acids is 1. The molecule has 0 aliphatic rings. The number of hydrogen-bond acceptors (Lipinski definition) is 9. The first-order valence-corrected chi connectivity index (χ1v) is 15.5. The summed E-state index contributed by atoms with van der Waals surface area (Å²) in [5, 5.41) is 4.00. The fourth-order valence-corrected chi connectivity index (χ4v) is 8.38. The molecule has 2 heterocycles. The molecule has 0 radical (unpaired) electrons. The predicted octanol–water partition coefficient (Wildman–Crippen LogP) is 3.40. The molecule has 0 aliphatic heterocycles. The standard InChI is InChI=1S/C26H33N3O8S2/c1-7-12-38(31,32)24-21-17(3)10-9-11-29(21)22(25(24)39(33,34)13-8-2)26(30)28-27-16-18-14-19(35-4)23(37-6)20(15-18)36-5/h9-11,14-16H,7-8,12-13H2,1-6H3,(H,28,30)/b27-16+. The Morgan fingerprint density at radius 1 is 0.949 bits per heavy atom. The summed E-state index contributed by atoms with van der Waals surface area (Å²) < 4.78 is 71.0. The molecule has 0 spiro atoms. The van der Waals surface area contributed by atoms with E-state index in [2.05, 4.69) is 10.5 Å². The minimum Gasteiger partial charge on any atom is -0.493 e. The molecule has 1 aromatic carbocycles. The zero-order chi connectivity index (χ0) is 29.0. The number of methoxy groups -OCH3 is 3. The maximum Gasteiger partial charge on any atom is 0.289 e. The average molecular weight is 580 g/mol. The van der Waals surface area contributed by atoms with Gasteiger partial charge in [-0.05, 0) is 43.5 Å². The summed E-state index contributed by atoms with van der Waals surface area (Å²) >= 11 is 0. The van der Waals surface area contributed by atoms with E-state index in [1.165, 1.54) is 38.1 Å². The molecule has 1 N–H and O–H groups in total. The highest BCUT2D eigenvalue weighted by molar-refractivity contribution is 7.94. The summed E-state index contributed by atoms with van der Waals surface area (Å²) in [6.45, 7) is 5.02. The SMILES string of the molecule is CCCS(=O)(=O)c1c(S(=O)(=O)CCC)c2c(C)cccn2c1C(=O)N/N=C/c1cc(OC)c(OC)c(OC)c1. The molecule has 0 unspecified atom stereocenters. The largest absolute Gasteiger partial charge is 0.493 e. The predicted molar refractivity (Wildman–Crippen MR) is 148 cm³/mol. The number of nitrogens with zero attached hydrogens (tertiary/aromatic N) is 2. The highest BCUT2D eigenvalue weighted by Crippen LogP contribution is 2.38. The van der Waals surface area contributed by atoms with Crippen molar-refractivity contribution in [2.45, 2.75) is 43.4 Å². The van der Waals surface area contributed by atoms with Gasteiger partial charge in [-0.3, -0.25) is 4.79 Å². The van der Waals surface area contributed by atoms with Crippen LogP contribution in [0.25, 0.3) is 5.52 Å². The Morgan fingerprint density at radius 2 is 1.51 bits per heavy atom. The molecule has 0 saturated heterocycles. The smallest absolute Gasteiger partial charge is 0.289 e. The lowest BCUT2D eigenvalue weighted by Gasteiger charge is -2.12. The number of hydrazone groups is 1. The van der Waals surface area contributed by atoms with E-state index in [9.17, 15) is 21.6 Å². The van der Waals surface area contributed by atoms with Crippen LogP contribution >= 0.6 is 0 Å². The van der Waals surface area contributed by atoms with Crippen LogP contribution in [0, 0.1) is 6.92 Å². The molecular formula is C26H33N3O8S2. The number of pyridine rings is 1. The third-order valence-electron chi connectivity index (χ3n) is 5.92. The minimum absolute atomic E-state index is 0.152. The molecular weight excluding hydrogens is 546 g/mol. The van der Waals surface area contributed by atoms with Crippen molar-refractivity contribution in [3.8, 4) is 17.2 Å². The van der Waals surface area contributed by atoms with E-state index >= 15 is 0 Å². The van der Waals surface area contributed by atoms with Gasteiger partial charge in [-0.15, -0.1) is 0 Å². The number of benzene rings is 1. The van der Waals surface area contributed by atoms with Gasteiger partial charge in [-0.25, -0.2) is 22.3 Å². The van der Waals surface area contributed by atoms with Crippen LogP contribution in [0.15, 0.2) is 45.4 Å². The molecule has 0 fully saturated rings. The van der Waals surface area contributed by atoms with E-state index in [0.717, 1.165) is 0 Å². The Bertz CT molecular complexity index is 1600. The fraction of sp³-hybridized carbons (Fsp3) is 0.385. The van der Waals surface area contributed by atoms with E-state index in [0.29, 0.717) is 28.4 Å². The number of ether oxygens (including phenoxy) is 3. The monoisotopic (exact) mass is 579 g/mol. The molecule has 11 nitrogen and oxygen atoms in total. The van der Waals surface area contributed by atoms with Crippen molar-refractivity contribution in [3.63, 3.8) is 0 Å². The molecule has 13 heteroatoms. The molecule has 2 aromatic heterocycles. The summed E-state index contributed by atoms with van der Waals surface area (Å²) in [5.74, 6) is -0.356. The second-order valence-electron chi connectivity index (χ2n) is 8.71. The lowest BCUT2D eigenvalue weighted by molar-refractivity contribution is 0.0945. The Balaban J connectivity index is 2.20. The number of sulfone groups is 2. The van der Waals surface area contributed by atoms with Gasteiger partial charge in [0.15, 0.2) is 31.2 Å². The maximum absolute atomic E-state index is 13.5. The summed E-state index contributed by atoms with van der Waals surface area (Å²) in [7, 11) is -3.82. The van der Waals surface area contributed by atoms with Gasteiger partial charge in [0.1, 0.15) is 15.5 Å². The second kappa shape index (κ2) is 12.1. The number of carbonyl (C=O) groups is 1. The van der Waals surface area contributed by atoms with E-state index in [-0.39, 0.29) is 40.5 Å². The van der Waals surface area contributed by atoms with Crippen LogP contribution in [0.2, 0.25) is 0 Å². The molecule has 0 saturated carbocycles. The first-order chi connectivity index (χ1) is 18.5. The Hall–Kier alpha value is -3.58. The molecule has 39 heavy (non-hydrogen) atoms. The van der Waals surface area contributed by atoms with E-state index in [4.69, 9.17) is 14.2 Å². The second-order valence-corrected chi connectivity index (χ2v) is 12.8. The third kappa shape index (κ3) is 5.88. The normalized spacial score (nSPS) is 12.2. The summed E-state index contributed by atoms with van der Waals surface area (Å²) in [4.78, 5) is 12.6. The average Bonchev–Trinajstić information content (AvgIpc) is 3.26. The Morgan fingerprint density at radius 3 is 2.03 bits per heavy atom. The summed E-state index contributed by atoms with van der Waals surface area (Å²) in [6, 6.07) is 6.50. The molecule has 3 rings (SSSR count). The fourth-order valence-electron chi connectivity index (χ4n) is 4.34. The lowest BCUT2D eigenvalue weighted by atomic mass is 10.2. The number of nitrogens with one attached hydrogen (secondary N) is 1. The van der Waals surface area contributed by atoms with Crippen molar-refractivity contribution in [3.05, 3.63) is 47.3 Å². The third-order valence-corrected chi connectivity index (χ3v) is 9.98. The molecule has 3 aromatic rings. The molecule has 0 aliphatic carbocycles. The minimum atomic E-state index is -4.16. The van der Waals surface area contributed by atoms with Crippen molar-refractivity contribution >= 4 is 37.3 Å². The van der Waals surface area contributed by atoms with Crippen molar-refractivity contribution in [2.24, 2.45) is 5.10 Å². The zero-order valence-electron chi connectivity index (χ0n) is 22.8. The van der Waals surface area contributed by atoms with Gasteiger partial charge in [0.05, 0.1) is 44.6 Å². The Kier molecular flexibility index (Phi) is 9.28. The van der Waals surface area contributed by atoms with Crippen LogP contribution in [-0.2, 0) is 19.7 Å². The number of rotatable bonds is 12. The van der Waals surface area contributed by atoms with Crippen LogP contribution in [0.5, 0.6) is 17.2 Å². The van der Waals surface area contributed by atoms with Gasteiger partial charge >= 0.3 is 0 Å². The van der Waals surface area contributed by atoms with Crippen LogP contribution in [0.3, 0.4) is 0 Å². The summed E-state index contributed by atoms with van der Waals surface area (Å²) in [6.07, 6.45) is 3.30. The van der Waals surface area contributed by atoms with Gasteiger partial charge in [0.25, 0.3) is 5.91 Å². The summed E-state index contributed by atoms with van der Waals surface area (Å²) in [5.41, 5.74) is 3.19. The first kappa shape index (κ1) is 30.0. The van der Waals surface area contributed by atoms with Gasteiger partial charge < -0.3 is 18.6 Å². The number of amides is 1. The molecule has 212 valence electrons. The molecule has 1 amide bonds. The van der Waals surface area contributed by atoms with Crippen molar-refractivity contribution in [2.75, 3.05) is 32.8 Å². The van der Waals surface area contributed by atoms with Crippen LogP contribution < -0.4 is 19.6 Å². The topological polar surface area (TPSA) is 142 Å². The molecule has 0 atom stereocenters. The Labute approximate surface area is 228 Å². The van der Waals surface area contributed by atoms with E-state index < -0.39 is 30.5 Å². The van der Waals surface area contributed by atoms with E-state index in [1.54, 1.807) is 45.0 Å². The van der Waals surface area contributed by atoms with Crippen LogP contribution in [0.1, 0.15) is 48.3 Å². The van der Waals surface area contributed by atoms with E-state index in [1.807, 2.05) is 0 Å². The van der Waals surface area contributed by atoms with Gasteiger partial charge in [-0.1, -0.05) is 19.9 Å².